The first-order valence-corrected chi connectivity index (χ1v) is 11.8. The van der Waals surface area contributed by atoms with Crippen LogP contribution < -0.4 is 14.8 Å². The second-order valence-electron chi connectivity index (χ2n) is 7.48. The van der Waals surface area contributed by atoms with Crippen molar-refractivity contribution >= 4 is 52.2 Å². The molecule has 178 valence electrons. The molecule has 1 fully saturated rings. The Bertz CT molecular complexity index is 1300. The summed E-state index contributed by atoms with van der Waals surface area (Å²) in [5.41, 5.74) is 2.05. The number of para-hydroxylation sites is 1. The van der Waals surface area contributed by atoms with Crippen molar-refractivity contribution in [2.24, 2.45) is 0 Å². The van der Waals surface area contributed by atoms with Crippen molar-refractivity contribution in [3.8, 4) is 11.5 Å². The van der Waals surface area contributed by atoms with Gasteiger partial charge < -0.3 is 14.8 Å². The van der Waals surface area contributed by atoms with Crippen LogP contribution in [0.3, 0.4) is 0 Å². The normalized spacial score (nSPS) is 14.3. The molecule has 0 bridgehead atoms. The second kappa shape index (κ2) is 11.1. The highest BCUT2D eigenvalue weighted by Gasteiger charge is 2.36. The van der Waals surface area contributed by atoms with Crippen molar-refractivity contribution in [2.75, 3.05) is 19.0 Å². The number of halogens is 1. The van der Waals surface area contributed by atoms with Gasteiger partial charge in [0.15, 0.2) is 11.5 Å². The molecule has 9 heteroatoms. The van der Waals surface area contributed by atoms with Crippen molar-refractivity contribution in [1.29, 1.82) is 0 Å². The highest BCUT2D eigenvalue weighted by molar-refractivity contribution is 8.18. The quantitative estimate of drug-likeness (QED) is 0.398. The fourth-order valence-electron chi connectivity index (χ4n) is 3.31. The third-order valence-corrected chi connectivity index (χ3v) is 6.28. The standard InChI is InChI=1S/C26H21ClN2O5S/c1-33-21-12-11-18(13-22(21)34-16-17-7-3-2-4-8-17)14-23-25(31)29(26(32)35-23)15-24(30)28-20-10-6-5-9-19(20)27/h2-14H,15-16H2,1H3,(H,28,30)/b23-14+. The molecule has 7 nitrogen and oxygen atoms in total. The summed E-state index contributed by atoms with van der Waals surface area (Å²) in [6.07, 6.45) is 1.59. The molecule has 0 saturated carbocycles. The maximum Gasteiger partial charge on any atom is 0.294 e. The van der Waals surface area contributed by atoms with Crippen LogP contribution in [-0.4, -0.2) is 35.6 Å². The SMILES string of the molecule is COc1ccc(/C=C2/SC(=O)N(CC(=O)Nc3ccccc3Cl)C2=O)cc1OCc1ccccc1. The molecule has 4 rings (SSSR count). The second-order valence-corrected chi connectivity index (χ2v) is 8.88. The van der Waals surface area contributed by atoms with Crippen LogP contribution in [0.5, 0.6) is 11.5 Å². The Labute approximate surface area is 211 Å². The monoisotopic (exact) mass is 508 g/mol. The lowest BCUT2D eigenvalue weighted by atomic mass is 10.1. The molecule has 0 spiro atoms. The summed E-state index contributed by atoms with van der Waals surface area (Å²) in [6, 6.07) is 21.6. The van der Waals surface area contributed by atoms with E-state index < -0.39 is 23.6 Å². The maximum atomic E-state index is 12.8. The molecule has 35 heavy (non-hydrogen) atoms. The van der Waals surface area contributed by atoms with Crippen LogP contribution in [0.25, 0.3) is 6.08 Å². The average molecular weight is 509 g/mol. The number of nitrogens with one attached hydrogen (secondary N) is 1. The highest BCUT2D eigenvalue weighted by atomic mass is 35.5. The first kappa shape index (κ1) is 24.4. The summed E-state index contributed by atoms with van der Waals surface area (Å²) in [4.78, 5) is 38.8. The smallest absolute Gasteiger partial charge is 0.294 e. The lowest BCUT2D eigenvalue weighted by Gasteiger charge is -2.13. The number of imide groups is 1. The van der Waals surface area contributed by atoms with Gasteiger partial charge in [-0.2, -0.15) is 0 Å². The van der Waals surface area contributed by atoms with E-state index in [1.165, 1.54) is 0 Å². The number of amides is 3. The molecule has 3 aromatic carbocycles. The van der Waals surface area contributed by atoms with E-state index in [9.17, 15) is 14.4 Å². The Morgan fingerprint density at radius 1 is 1.03 bits per heavy atom. The van der Waals surface area contributed by atoms with Crippen LogP contribution in [0.1, 0.15) is 11.1 Å². The molecule has 0 aliphatic carbocycles. The van der Waals surface area contributed by atoms with Gasteiger partial charge in [0.25, 0.3) is 11.1 Å². The number of carbonyl (C=O) groups is 3. The third-order valence-electron chi connectivity index (χ3n) is 5.05. The van der Waals surface area contributed by atoms with Crippen molar-refractivity contribution in [3.63, 3.8) is 0 Å². The van der Waals surface area contributed by atoms with E-state index in [4.69, 9.17) is 21.1 Å². The van der Waals surface area contributed by atoms with Crippen molar-refractivity contribution in [3.05, 3.63) is 93.9 Å². The lowest BCUT2D eigenvalue weighted by Crippen LogP contribution is -2.36. The van der Waals surface area contributed by atoms with Gasteiger partial charge in [-0.3, -0.25) is 19.3 Å². The number of nitrogens with zero attached hydrogens (tertiary/aromatic N) is 1. The van der Waals surface area contributed by atoms with Crippen LogP contribution in [0, 0.1) is 0 Å². The zero-order chi connectivity index (χ0) is 24.8. The minimum absolute atomic E-state index is 0.208. The zero-order valence-electron chi connectivity index (χ0n) is 18.7. The number of hydrogen-bond acceptors (Lipinski definition) is 6. The van der Waals surface area contributed by atoms with Gasteiger partial charge in [-0.25, -0.2) is 0 Å². The Morgan fingerprint density at radius 2 is 1.77 bits per heavy atom. The minimum atomic E-state index is -0.545. The highest BCUT2D eigenvalue weighted by Crippen LogP contribution is 2.35. The number of hydrogen-bond donors (Lipinski definition) is 1. The van der Waals surface area contributed by atoms with E-state index in [1.807, 2.05) is 30.3 Å². The predicted octanol–water partition coefficient (Wildman–Crippen LogP) is 5.60. The molecule has 1 heterocycles. The number of ether oxygens (including phenoxy) is 2. The van der Waals surface area contributed by atoms with Gasteiger partial charge in [0, 0.05) is 0 Å². The number of methoxy groups -OCH3 is 1. The van der Waals surface area contributed by atoms with Gasteiger partial charge in [0.1, 0.15) is 13.2 Å². The summed E-state index contributed by atoms with van der Waals surface area (Å²) in [7, 11) is 1.55. The number of anilines is 1. The van der Waals surface area contributed by atoms with Crippen LogP contribution in [0.15, 0.2) is 77.7 Å². The van der Waals surface area contributed by atoms with Crippen LogP contribution in [-0.2, 0) is 16.2 Å². The Kier molecular flexibility index (Phi) is 7.74. The first-order chi connectivity index (χ1) is 16.9. The molecule has 3 amide bonds. The summed E-state index contributed by atoms with van der Waals surface area (Å²) in [5.74, 6) is -0.0227. The molecule has 1 N–H and O–H groups in total. The van der Waals surface area contributed by atoms with E-state index in [0.717, 1.165) is 22.2 Å². The molecule has 3 aromatic rings. The fourth-order valence-corrected chi connectivity index (χ4v) is 4.34. The largest absolute Gasteiger partial charge is 0.493 e. The van der Waals surface area contributed by atoms with Gasteiger partial charge in [-0.05, 0) is 53.2 Å². The third kappa shape index (κ3) is 6.03. The van der Waals surface area contributed by atoms with Gasteiger partial charge in [-0.1, -0.05) is 60.1 Å². The lowest BCUT2D eigenvalue weighted by molar-refractivity contribution is -0.127. The first-order valence-electron chi connectivity index (χ1n) is 10.6. The van der Waals surface area contributed by atoms with Gasteiger partial charge in [0.2, 0.25) is 5.91 Å². The Hall–Kier alpha value is -3.75. The molecule has 1 saturated heterocycles. The number of carbonyl (C=O) groups excluding carboxylic acids is 3. The number of thioether (sulfide) groups is 1. The summed E-state index contributed by atoms with van der Waals surface area (Å²) < 4.78 is 11.3. The molecule has 0 atom stereocenters. The summed E-state index contributed by atoms with van der Waals surface area (Å²) in [6.45, 7) is -0.0704. The Balaban J connectivity index is 1.46. The molecule has 0 radical (unpaired) electrons. The average Bonchev–Trinajstić information content (AvgIpc) is 3.12. The van der Waals surface area contributed by atoms with Crippen LogP contribution in [0.4, 0.5) is 10.5 Å². The number of rotatable bonds is 8. The maximum absolute atomic E-state index is 12.8. The zero-order valence-corrected chi connectivity index (χ0v) is 20.3. The van der Waals surface area contributed by atoms with Gasteiger partial charge >= 0.3 is 0 Å². The van der Waals surface area contributed by atoms with Gasteiger partial charge in [0.05, 0.1) is 22.7 Å². The molecule has 0 aromatic heterocycles. The predicted molar refractivity (Wildman–Crippen MR) is 137 cm³/mol. The summed E-state index contributed by atoms with van der Waals surface area (Å²) >= 11 is 6.83. The molecule has 1 aliphatic heterocycles. The number of benzene rings is 3. The van der Waals surface area contributed by atoms with Gasteiger partial charge in [-0.15, -0.1) is 0 Å². The van der Waals surface area contributed by atoms with E-state index in [2.05, 4.69) is 5.32 Å². The van der Waals surface area contributed by atoms with E-state index >= 15 is 0 Å². The van der Waals surface area contributed by atoms with Crippen molar-refractivity contribution in [1.82, 2.24) is 4.90 Å². The van der Waals surface area contributed by atoms with E-state index in [1.54, 1.807) is 55.7 Å². The van der Waals surface area contributed by atoms with Crippen LogP contribution in [0.2, 0.25) is 5.02 Å². The summed E-state index contributed by atoms with van der Waals surface area (Å²) in [5, 5.41) is 2.45. The molecular formula is C26H21ClN2O5S. The molecule has 1 aliphatic rings. The Morgan fingerprint density at radius 3 is 2.51 bits per heavy atom. The van der Waals surface area contributed by atoms with E-state index in [0.29, 0.717) is 34.4 Å². The molecule has 0 unspecified atom stereocenters. The fraction of sp³-hybridized carbons (Fsp3) is 0.115. The molecular weight excluding hydrogens is 488 g/mol. The van der Waals surface area contributed by atoms with Crippen molar-refractivity contribution < 1.29 is 23.9 Å². The topological polar surface area (TPSA) is 84.9 Å². The minimum Gasteiger partial charge on any atom is -0.493 e. The van der Waals surface area contributed by atoms with Crippen LogP contribution >= 0.6 is 23.4 Å². The van der Waals surface area contributed by atoms with Crippen molar-refractivity contribution in [2.45, 2.75) is 6.61 Å². The van der Waals surface area contributed by atoms with E-state index in [-0.39, 0.29) is 4.91 Å².